The van der Waals surface area contributed by atoms with E-state index in [2.05, 4.69) is 38.4 Å². The van der Waals surface area contributed by atoms with Gasteiger partial charge in [-0.15, -0.1) is 0 Å². The van der Waals surface area contributed by atoms with E-state index in [0.29, 0.717) is 18.5 Å². The van der Waals surface area contributed by atoms with Crippen molar-refractivity contribution in [2.45, 2.75) is 52.1 Å². The molecule has 5 heteroatoms. The van der Waals surface area contributed by atoms with Gasteiger partial charge in [0, 0.05) is 6.20 Å². The van der Waals surface area contributed by atoms with Gasteiger partial charge in [0.25, 0.3) is 0 Å². The number of likely N-dealkylation sites (tertiary alicyclic amines) is 1. The Bertz CT molecular complexity index is 504. The summed E-state index contributed by atoms with van der Waals surface area (Å²) in [5, 5.41) is 7.61. The molecule has 118 valence electrons. The fraction of sp³-hybridized carbons (Fsp3) is 0.750. The number of quaternary nitrogens is 1. The first kappa shape index (κ1) is 16.0. The average molecular weight is 293 g/mol. The first-order valence-electron chi connectivity index (χ1n) is 7.92. The van der Waals surface area contributed by atoms with Crippen molar-refractivity contribution in [1.29, 1.82) is 0 Å². The molecule has 1 aromatic heterocycles. The van der Waals surface area contributed by atoms with Crippen molar-refractivity contribution in [2.75, 3.05) is 27.2 Å². The Morgan fingerprint density at radius 3 is 2.81 bits per heavy atom. The second-order valence-electron chi connectivity index (χ2n) is 7.27. The molecule has 2 heterocycles. The van der Waals surface area contributed by atoms with E-state index in [9.17, 15) is 4.79 Å². The summed E-state index contributed by atoms with van der Waals surface area (Å²) in [6.07, 6.45) is 4.26. The van der Waals surface area contributed by atoms with Crippen LogP contribution in [-0.4, -0.2) is 53.4 Å². The number of amides is 1. The van der Waals surface area contributed by atoms with Crippen LogP contribution in [0.3, 0.4) is 0 Å². The third kappa shape index (κ3) is 4.30. The molecule has 21 heavy (non-hydrogen) atoms. The molecule has 0 bridgehead atoms. The summed E-state index contributed by atoms with van der Waals surface area (Å²) in [6, 6.07) is 0.294. The van der Waals surface area contributed by atoms with E-state index in [0.717, 1.165) is 23.1 Å². The van der Waals surface area contributed by atoms with E-state index < -0.39 is 0 Å². The molecule has 5 nitrogen and oxygen atoms in total. The number of nitrogens with one attached hydrogen (secondary N) is 1. The number of nitrogens with zero attached hydrogens (tertiary/aromatic N) is 3. The van der Waals surface area contributed by atoms with Crippen LogP contribution >= 0.6 is 0 Å². The van der Waals surface area contributed by atoms with Crippen molar-refractivity contribution in [1.82, 2.24) is 15.1 Å². The van der Waals surface area contributed by atoms with Crippen molar-refractivity contribution in [3.05, 3.63) is 17.5 Å². The van der Waals surface area contributed by atoms with E-state index in [4.69, 9.17) is 0 Å². The molecule has 1 saturated heterocycles. The maximum Gasteiger partial charge on any atom is 0.242 e. The Morgan fingerprint density at radius 1 is 1.52 bits per heavy atom. The number of carbonyl (C=O) groups is 1. The van der Waals surface area contributed by atoms with Gasteiger partial charge >= 0.3 is 0 Å². The van der Waals surface area contributed by atoms with Crippen molar-refractivity contribution < 1.29 is 9.28 Å². The number of likely N-dealkylation sites (N-methyl/N-ethyl adjacent to an activating group) is 1. The number of rotatable bonds is 4. The zero-order valence-electron chi connectivity index (χ0n) is 14.0. The van der Waals surface area contributed by atoms with Crippen molar-refractivity contribution >= 4 is 5.91 Å². The summed E-state index contributed by atoms with van der Waals surface area (Å²) in [5.41, 5.74) is 2.24. The molecule has 0 aliphatic carbocycles. The predicted octanol–water partition coefficient (Wildman–Crippen LogP) is 1.67. The van der Waals surface area contributed by atoms with Crippen LogP contribution in [0, 0.1) is 6.92 Å². The molecule has 0 radical (unpaired) electrons. The van der Waals surface area contributed by atoms with Crippen molar-refractivity contribution in [3.8, 4) is 0 Å². The fourth-order valence-electron chi connectivity index (χ4n) is 3.26. The zero-order chi connectivity index (χ0) is 15.6. The Morgan fingerprint density at radius 2 is 2.24 bits per heavy atom. The normalized spacial score (nSPS) is 21.5. The Hall–Kier alpha value is -1.36. The lowest BCUT2D eigenvalue weighted by Crippen LogP contribution is -2.55. The average Bonchev–Trinajstić information content (AvgIpc) is 2.68. The third-order valence-corrected chi connectivity index (χ3v) is 4.31. The van der Waals surface area contributed by atoms with Gasteiger partial charge < -0.3 is 9.80 Å². The molecule has 1 aliphatic heterocycles. The minimum absolute atomic E-state index is 0.0692. The lowest BCUT2D eigenvalue weighted by Gasteiger charge is -2.38. The highest BCUT2D eigenvalue weighted by Gasteiger charge is 2.28. The number of carbonyl (C=O) groups excluding carboxylic acids is 1. The van der Waals surface area contributed by atoms with Crippen LogP contribution in [0.15, 0.2) is 6.20 Å². The molecule has 1 unspecified atom stereocenters. The highest BCUT2D eigenvalue weighted by Crippen LogP contribution is 2.17. The van der Waals surface area contributed by atoms with Gasteiger partial charge in [0.05, 0.1) is 38.9 Å². The second kappa shape index (κ2) is 6.18. The number of piperidine rings is 1. The predicted molar refractivity (Wildman–Crippen MR) is 84.1 cm³/mol. The largest absolute Gasteiger partial charge is 0.346 e. The van der Waals surface area contributed by atoms with Gasteiger partial charge in [-0.05, 0) is 31.2 Å². The van der Waals surface area contributed by atoms with Crippen LogP contribution in [-0.2, 0) is 11.3 Å². The van der Waals surface area contributed by atoms with Crippen LogP contribution in [0.5, 0.6) is 0 Å². The first-order valence-corrected chi connectivity index (χ1v) is 7.92. The second-order valence-corrected chi connectivity index (χ2v) is 7.27. The van der Waals surface area contributed by atoms with Gasteiger partial charge in [0.1, 0.15) is 6.54 Å². The number of hydrogen-bond donors (Lipinski definition) is 1. The molecule has 0 spiro atoms. The minimum Gasteiger partial charge on any atom is -0.346 e. The maximum atomic E-state index is 12.2. The van der Waals surface area contributed by atoms with Gasteiger partial charge in [-0.2, -0.15) is 5.10 Å². The standard InChI is InChI=1S/C16H28N4O/c1-12(2)15-9-19(18-13(15)3)10-16(21)17-14-7-6-8-20(4,5)11-14/h9,12,14H,6-8,10-11H2,1-5H3/p+1. The zero-order valence-corrected chi connectivity index (χ0v) is 14.0. The third-order valence-electron chi connectivity index (χ3n) is 4.31. The van der Waals surface area contributed by atoms with Crippen molar-refractivity contribution in [3.63, 3.8) is 0 Å². The molecule has 0 saturated carbocycles. The van der Waals surface area contributed by atoms with E-state index in [1.165, 1.54) is 18.5 Å². The minimum atomic E-state index is 0.0692. The summed E-state index contributed by atoms with van der Waals surface area (Å²) >= 11 is 0. The number of aryl methyl sites for hydroxylation is 1. The summed E-state index contributed by atoms with van der Waals surface area (Å²) in [6.45, 7) is 8.83. The van der Waals surface area contributed by atoms with Crippen molar-refractivity contribution in [2.24, 2.45) is 0 Å². The SMILES string of the molecule is Cc1nn(CC(=O)NC2CCC[N+](C)(C)C2)cc1C(C)C. The molecule has 1 atom stereocenters. The smallest absolute Gasteiger partial charge is 0.242 e. The highest BCUT2D eigenvalue weighted by atomic mass is 16.2. The van der Waals surface area contributed by atoms with Gasteiger partial charge in [-0.25, -0.2) is 0 Å². The topological polar surface area (TPSA) is 46.9 Å². The van der Waals surface area contributed by atoms with Crippen LogP contribution in [0.25, 0.3) is 0 Å². The number of hydrogen-bond acceptors (Lipinski definition) is 2. The molecule has 1 N–H and O–H groups in total. The summed E-state index contributed by atoms with van der Waals surface area (Å²) in [4.78, 5) is 12.2. The number of aromatic nitrogens is 2. The van der Waals surface area contributed by atoms with E-state index >= 15 is 0 Å². The van der Waals surface area contributed by atoms with Crippen LogP contribution in [0.2, 0.25) is 0 Å². The monoisotopic (exact) mass is 293 g/mol. The Labute approximate surface area is 127 Å². The highest BCUT2D eigenvalue weighted by molar-refractivity contribution is 5.76. The van der Waals surface area contributed by atoms with Gasteiger partial charge in [-0.1, -0.05) is 13.8 Å². The molecular formula is C16H29N4O+. The molecule has 0 aromatic carbocycles. The van der Waals surface area contributed by atoms with Crippen LogP contribution < -0.4 is 5.32 Å². The van der Waals surface area contributed by atoms with E-state index in [1.807, 2.05) is 13.1 Å². The maximum absolute atomic E-state index is 12.2. The Balaban J connectivity index is 1.91. The lowest BCUT2D eigenvalue weighted by atomic mass is 10.0. The molecular weight excluding hydrogens is 264 g/mol. The quantitative estimate of drug-likeness (QED) is 0.859. The van der Waals surface area contributed by atoms with Gasteiger partial charge in [0.2, 0.25) is 5.91 Å². The van der Waals surface area contributed by atoms with Gasteiger partial charge in [0.15, 0.2) is 0 Å². The Kier molecular flexibility index (Phi) is 4.71. The molecule has 2 rings (SSSR count). The lowest BCUT2D eigenvalue weighted by molar-refractivity contribution is -0.896. The summed E-state index contributed by atoms with van der Waals surface area (Å²) < 4.78 is 2.76. The van der Waals surface area contributed by atoms with E-state index in [1.54, 1.807) is 4.68 Å². The van der Waals surface area contributed by atoms with Crippen LogP contribution in [0.1, 0.15) is 43.9 Å². The van der Waals surface area contributed by atoms with Crippen LogP contribution in [0.4, 0.5) is 0 Å². The first-order chi connectivity index (χ1) is 9.77. The summed E-state index contributed by atoms with van der Waals surface area (Å²) in [7, 11) is 4.45. The van der Waals surface area contributed by atoms with E-state index in [-0.39, 0.29) is 5.91 Å². The molecule has 1 fully saturated rings. The van der Waals surface area contributed by atoms with Gasteiger partial charge in [-0.3, -0.25) is 9.48 Å². The fourth-order valence-corrected chi connectivity index (χ4v) is 3.26. The molecule has 1 amide bonds. The summed E-state index contributed by atoms with van der Waals surface area (Å²) in [5.74, 6) is 0.512. The molecule has 1 aliphatic rings. The molecule has 1 aromatic rings.